The Hall–Kier alpha value is -0.600. The van der Waals surface area contributed by atoms with Crippen LogP contribution in [0.5, 0.6) is 0 Å². The fourth-order valence-corrected chi connectivity index (χ4v) is 2.48. The van der Waals surface area contributed by atoms with E-state index in [1.807, 2.05) is 0 Å². The van der Waals surface area contributed by atoms with Crippen molar-refractivity contribution in [3.05, 3.63) is 34.6 Å². The minimum Gasteiger partial charge on any atom is -0.313 e. The number of benzene rings is 1. The third-order valence-electron chi connectivity index (χ3n) is 3.53. The van der Waals surface area contributed by atoms with E-state index in [1.165, 1.54) is 51.0 Å². The van der Waals surface area contributed by atoms with E-state index in [9.17, 15) is 4.39 Å². The largest absolute Gasteiger partial charge is 0.313 e. The highest BCUT2D eigenvalue weighted by atomic mass is 35.5. The Morgan fingerprint density at radius 2 is 1.65 bits per heavy atom. The summed E-state index contributed by atoms with van der Waals surface area (Å²) < 4.78 is 13.4. The summed E-state index contributed by atoms with van der Waals surface area (Å²) in [6.45, 7) is 3.75. The Bertz CT molecular complexity index is 368. The van der Waals surface area contributed by atoms with Gasteiger partial charge in [-0.3, -0.25) is 0 Å². The molecular formula is C17H27ClFN. The molecule has 1 nitrogen and oxygen atoms in total. The van der Waals surface area contributed by atoms with Gasteiger partial charge in [0.25, 0.3) is 0 Å². The fraction of sp³-hybridized carbons (Fsp3) is 0.647. The molecule has 0 heterocycles. The predicted molar refractivity (Wildman–Crippen MR) is 85.7 cm³/mol. The van der Waals surface area contributed by atoms with Crippen molar-refractivity contribution in [3.8, 4) is 0 Å². The van der Waals surface area contributed by atoms with Gasteiger partial charge in [0.05, 0.1) is 0 Å². The van der Waals surface area contributed by atoms with Gasteiger partial charge >= 0.3 is 0 Å². The van der Waals surface area contributed by atoms with Crippen molar-refractivity contribution in [2.24, 2.45) is 0 Å². The second-order valence-electron chi connectivity index (χ2n) is 5.39. The van der Waals surface area contributed by atoms with Crippen molar-refractivity contribution in [2.45, 2.75) is 64.8 Å². The van der Waals surface area contributed by atoms with E-state index in [0.29, 0.717) is 17.1 Å². The monoisotopic (exact) mass is 299 g/mol. The molecule has 1 N–H and O–H groups in total. The van der Waals surface area contributed by atoms with Gasteiger partial charge in [-0.15, -0.1) is 0 Å². The number of unbranched alkanes of at least 4 members (excludes halogenated alkanes) is 7. The van der Waals surface area contributed by atoms with Crippen LogP contribution >= 0.6 is 11.6 Å². The second-order valence-corrected chi connectivity index (χ2v) is 5.82. The quantitative estimate of drug-likeness (QED) is 0.516. The van der Waals surface area contributed by atoms with Gasteiger partial charge in [-0.25, -0.2) is 4.39 Å². The zero-order valence-electron chi connectivity index (χ0n) is 12.6. The Morgan fingerprint density at radius 3 is 2.35 bits per heavy atom. The summed E-state index contributed by atoms with van der Waals surface area (Å²) >= 11 is 5.86. The molecule has 0 fully saturated rings. The van der Waals surface area contributed by atoms with Crippen molar-refractivity contribution < 1.29 is 4.39 Å². The van der Waals surface area contributed by atoms with Crippen LogP contribution in [0, 0.1) is 5.82 Å². The molecule has 3 heteroatoms. The Labute approximate surface area is 127 Å². The van der Waals surface area contributed by atoms with E-state index < -0.39 is 0 Å². The van der Waals surface area contributed by atoms with Crippen LogP contribution in [0.15, 0.2) is 18.2 Å². The topological polar surface area (TPSA) is 12.0 Å². The average molecular weight is 300 g/mol. The smallest absolute Gasteiger partial charge is 0.127 e. The molecule has 114 valence electrons. The summed E-state index contributed by atoms with van der Waals surface area (Å²) in [4.78, 5) is 0. The van der Waals surface area contributed by atoms with Crippen LogP contribution in [0.3, 0.4) is 0 Å². The molecule has 1 rings (SSSR count). The van der Waals surface area contributed by atoms with Crippen molar-refractivity contribution in [1.82, 2.24) is 5.32 Å². The highest BCUT2D eigenvalue weighted by Crippen LogP contribution is 2.14. The lowest BCUT2D eigenvalue weighted by Crippen LogP contribution is -2.15. The Morgan fingerprint density at radius 1 is 1.00 bits per heavy atom. The zero-order valence-corrected chi connectivity index (χ0v) is 13.3. The predicted octanol–water partition coefficient (Wildman–Crippen LogP) is 5.71. The molecule has 0 unspecified atom stereocenters. The van der Waals surface area contributed by atoms with Crippen molar-refractivity contribution in [2.75, 3.05) is 6.54 Å². The summed E-state index contributed by atoms with van der Waals surface area (Å²) in [6.07, 6.45) is 10.5. The number of hydrogen-bond donors (Lipinski definition) is 1. The summed E-state index contributed by atoms with van der Waals surface area (Å²) in [7, 11) is 0. The van der Waals surface area contributed by atoms with E-state index in [0.717, 1.165) is 13.0 Å². The molecule has 0 atom stereocenters. The molecule has 0 aliphatic heterocycles. The van der Waals surface area contributed by atoms with Gasteiger partial charge in [-0.05, 0) is 31.2 Å². The van der Waals surface area contributed by atoms with Gasteiger partial charge in [-0.1, -0.05) is 63.5 Å². The molecule has 1 aromatic carbocycles. The molecular weight excluding hydrogens is 273 g/mol. The Kier molecular flexibility index (Phi) is 9.69. The maximum atomic E-state index is 13.4. The molecule has 0 saturated carbocycles. The molecule has 0 aromatic heterocycles. The van der Waals surface area contributed by atoms with Crippen molar-refractivity contribution in [1.29, 1.82) is 0 Å². The first-order valence-corrected chi connectivity index (χ1v) is 8.26. The minimum absolute atomic E-state index is 0.183. The van der Waals surface area contributed by atoms with E-state index in [4.69, 9.17) is 11.6 Å². The van der Waals surface area contributed by atoms with Gasteiger partial charge in [0, 0.05) is 17.1 Å². The maximum absolute atomic E-state index is 13.4. The molecule has 20 heavy (non-hydrogen) atoms. The van der Waals surface area contributed by atoms with Crippen LogP contribution in [0.4, 0.5) is 4.39 Å². The fourth-order valence-electron chi connectivity index (χ4n) is 2.29. The van der Waals surface area contributed by atoms with Crippen LogP contribution in [0.1, 0.15) is 63.9 Å². The number of nitrogens with one attached hydrogen (secondary N) is 1. The van der Waals surface area contributed by atoms with Gasteiger partial charge < -0.3 is 5.32 Å². The molecule has 0 bridgehead atoms. The summed E-state index contributed by atoms with van der Waals surface area (Å²) in [5.41, 5.74) is 0.650. The molecule has 0 amide bonds. The van der Waals surface area contributed by atoms with Gasteiger partial charge in [0.2, 0.25) is 0 Å². The van der Waals surface area contributed by atoms with E-state index in [1.54, 1.807) is 12.1 Å². The third-order valence-corrected chi connectivity index (χ3v) is 3.77. The van der Waals surface area contributed by atoms with Crippen LogP contribution < -0.4 is 5.32 Å². The second kappa shape index (κ2) is 11.1. The third kappa shape index (κ3) is 7.86. The van der Waals surface area contributed by atoms with Crippen LogP contribution in [0.25, 0.3) is 0 Å². The van der Waals surface area contributed by atoms with E-state index in [2.05, 4.69) is 12.2 Å². The summed E-state index contributed by atoms with van der Waals surface area (Å²) in [5.74, 6) is -0.183. The van der Waals surface area contributed by atoms with Crippen molar-refractivity contribution in [3.63, 3.8) is 0 Å². The number of halogens is 2. The summed E-state index contributed by atoms with van der Waals surface area (Å²) in [5, 5.41) is 3.88. The lowest BCUT2D eigenvalue weighted by atomic mass is 10.1. The lowest BCUT2D eigenvalue weighted by molar-refractivity contribution is 0.546. The highest BCUT2D eigenvalue weighted by Gasteiger charge is 2.02. The lowest BCUT2D eigenvalue weighted by Gasteiger charge is -2.06. The molecule has 0 spiro atoms. The molecule has 0 saturated heterocycles. The van der Waals surface area contributed by atoms with Crippen LogP contribution in [-0.4, -0.2) is 6.54 Å². The van der Waals surface area contributed by atoms with E-state index >= 15 is 0 Å². The van der Waals surface area contributed by atoms with Crippen LogP contribution in [-0.2, 0) is 6.54 Å². The van der Waals surface area contributed by atoms with Crippen LogP contribution in [0.2, 0.25) is 5.02 Å². The molecule has 0 aliphatic carbocycles. The van der Waals surface area contributed by atoms with Gasteiger partial charge in [0.1, 0.15) is 5.82 Å². The first-order chi connectivity index (χ1) is 9.74. The Balaban J connectivity index is 1.98. The molecule has 0 aliphatic rings. The normalized spacial score (nSPS) is 10.9. The summed E-state index contributed by atoms with van der Waals surface area (Å²) in [6, 6.07) is 4.70. The maximum Gasteiger partial charge on any atom is 0.127 e. The van der Waals surface area contributed by atoms with E-state index in [-0.39, 0.29) is 5.82 Å². The molecule has 0 radical (unpaired) electrons. The first kappa shape index (κ1) is 17.5. The zero-order chi connectivity index (χ0) is 14.6. The van der Waals surface area contributed by atoms with Crippen molar-refractivity contribution >= 4 is 11.6 Å². The average Bonchev–Trinajstić information content (AvgIpc) is 2.44. The minimum atomic E-state index is -0.183. The number of rotatable bonds is 11. The SMILES string of the molecule is CCCCCCCCCCNCc1cc(Cl)ccc1F. The number of hydrogen-bond acceptors (Lipinski definition) is 1. The highest BCUT2D eigenvalue weighted by molar-refractivity contribution is 6.30. The molecule has 1 aromatic rings. The van der Waals surface area contributed by atoms with Gasteiger partial charge in [-0.2, -0.15) is 0 Å². The standard InChI is InChI=1S/C17H27ClFN/c1-2-3-4-5-6-7-8-9-12-20-14-15-13-16(18)10-11-17(15)19/h10-11,13,20H,2-9,12,14H2,1H3. The van der Waals surface area contributed by atoms with Gasteiger partial charge in [0.15, 0.2) is 0 Å². The first-order valence-electron chi connectivity index (χ1n) is 7.88.